The lowest BCUT2D eigenvalue weighted by atomic mass is 10.1. The van der Waals surface area contributed by atoms with Crippen LogP contribution in [0.25, 0.3) is 0 Å². The molecule has 0 saturated heterocycles. The van der Waals surface area contributed by atoms with Gasteiger partial charge in [0.15, 0.2) is 0 Å². The van der Waals surface area contributed by atoms with E-state index in [4.69, 9.17) is 0 Å². The molecule has 2 aromatic rings. The van der Waals surface area contributed by atoms with Crippen LogP contribution in [-0.4, -0.2) is 23.1 Å². The van der Waals surface area contributed by atoms with Crippen LogP contribution in [0.5, 0.6) is 0 Å². The molecule has 0 atom stereocenters. The maximum Gasteiger partial charge on any atom is 0.227 e. The molecule has 4 nitrogen and oxygen atoms in total. The largest absolute Gasteiger partial charge is 0.341 e. The van der Waals surface area contributed by atoms with Gasteiger partial charge in [-0.1, -0.05) is 12.1 Å². The number of rotatable bonds is 5. The van der Waals surface area contributed by atoms with E-state index >= 15 is 0 Å². The van der Waals surface area contributed by atoms with Gasteiger partial charge in [0.1, 0.15) is 5.82 Å². The van der Waals surface area contributed by atoms with Crippen molar-refractivity contribution in [1.29, 1.82) is 0 Å². The van der Waals surface area contributed by atoms with Gasteiger partial charge < -0.3 is 10.2 Å². The van der Waals surface area contributed by atoms with Crippen LogP contribution in [-0.2, 0) is 0 Å². The Balaban J connectivity index is 2.34. The number of nitrogens with one attached hydrogen (secondary N) is 1. The zero-order valence-corrected chi connectivity index (χ0v) is 13.6. The Morgan fingerprint density at radius 3 is 2.38 bits per heavy atom. The normalized spacial score (nSPS) is 10.5. The molecule has 4 heteroatoms. The van der Waals surface area contributed by atoms with E-state index in [9.17, 15) is 0 Å². The molecule has 1 heterocycles. The fourth-order valence-corrected chi connectivity index (χ4v) is 2.27. The molecule has 0 bridgehead atoms. The summed E-state index contributed by atoms with van der Waals surface area (Å²) in [4.78, 5) is 11.3. The highest BCUT2D eigenvalue weighted by molar-refractivity contribution is 5.62. The summed E-state index contributed by atoms with van der Waals surface area (Å²) >= 11 is 0. The van der Waals surface area contributed by atoms with Gasteiger partial charge in [-0.3, -0.25) is 0 Å². The predicted octanol–water partition coefficient (Wildman–Crippen LogP) is 3.99. The molecule has 0 unspecified atom stereocenters. The minimum atomic E-state index is 0.785. The van der Waals surface area contributed by atoms with Gasteiger partial charge in [-0.2, -0.15) is 4.98 Å². The smallest absolute Gasteiger partial charge is 0.227 e. The molecular formula is C17H24N4. The topological polar surface area (TPSA) is 41.1 Å². The Labute approximate surface area is 127 Å². The number of hydrogen-bond donors (Lipinski definition) is 1. The summed E-state index contributed by atoms with van der Waals surface area (Å²) in [5.74, 6) is 1.63. The lowest BCUT2D eigenvalue weighted by Gasteiger charge is -2.20. The summed E-state index contributed by atoms with van der Waals surface area (Å²) < 4.78 is 0. The van der Waals surface area contributed by atoms with Crippen molar-refractivity contribution >= 4 is 17.5 Å². The highest BCUT2D eigenvalue weighted by atomic mass is 15.3. The van der Waals surface area contributed by atoms with Gasteiger partial charge >= 0.3 is 0 Å². The number of benzene rings is 1. The molecular weight excluding hydrogens is 260 g/mol. The molecule has 112 valence electrons. The third-order valence-electron chi connectivity index (χ3n) is 3.54. The highest BCUT2D eigenvalue weighted by Gasteiger charge is 2.09. The Bertz CT molecular complexity index is 618. The zero-order chi connectivity index (χ0) is 15.4. The van der Waals surface area contributed by atoms with Crippen LogP contribution in [0.4, 0.5) is 17.5 Å². The van der Waals surface area contributed by atoms with Crippen LogP contribution < -0.4 is 10.2 Å². The molecule has 0 aliphatic rings. The Morgan fingerprint density at radius 1 is 1.00 bits per heavy atom. The van der Waals surface area contributed by atoms with Crippen molar-refractivity contribution in [3.05, 3.63) is 41.1 Å². The minimum Gasteiger partial charge on any atom is -0.341 e. The summed E-state index contributed by atoms with van der Waals surface area (Å²) in [5, 5.41) is 3.42. The molecule has 21 heavy (non-hydrogen) atoms. The lowest BCUT2D eigenvalue weighted by molar-refractivity contribution is 0.817. The maximum atomic E-state index is 4.65. The Morgan fingerprint density at radius 2 is 1.71 bits per heavy atom. The molecule has 1 N–H and O–H groups in total. The van der Waals surface area contributed by atoms with E-state index in [1.165, 1.54) is 11.1 Å². The average molecular weight is 284 g/mol. The molecule has 0 spiro atoms. The van der Waals surface area contributed by atoms with Crippen LogP contribution in [0.2, 0.25) is 0 Å². The molecule has 0 radical (unpaired) electrons. The van der Waals surface area contributed by atoms with E-state index in [0.717, 1.165) is 36.2 Å². The van der Waals surface area contributed by atoms with Crippen molar-refractivity contribution in [3.8, 4) is 0 Å². The number of nitrogens with zero attached hydrogens (tertiary/aromatic N) is 3. The van der Waals surface area contributed by atoms with Crippen LogP contribution in [0, 0.1) is 20.8 Å². The number of aromatic nitrogens is 2. The second-order valence-corrected chi connectivity index (χ2v) is 5.31. The van der Waals surface area contributed by atoms with Crippen molar-refractivity contribution < 1.29 is 0 Å². The standard InChI is InChI=1S/C17H24N4/c1-6-21(7-2)17-18-14(5)11-16(20-17)19-15-10-12(3)8-9-13(15)4/h8-11H,6-7H2,1-5H3,(H,18,19,20). The van der Waals surface area contributed by atoms with Gasteiger partial charge in [0.25, 0.3) is 0 Å². The Hall–Kier alpha value is -2.10. The SMILES string of the molecule is CCN(CC)c1nc(C)cc(Nc2cc(C)ccc2C)n1. The van der Waals surface area contributed by atoms with E-state index in [-0.39, 0.29) is 0 Å². The molecule has 2 rings (SSSR count). The Kier molecular flexibility index (Phi) is 4.78. The fraction of sp³-hybridized carbons (Fsp3) is 0.412. The van der Waals surface area contributed by atoms with Crippen molar-refractivity contribution in [2.45, 2.75) is 34.6 Å². The van der Waals surface area contributed by atoms with Gasteiger partial charge in [-0.15, -0.1) is 0 Å². The van der Waals surface area contributed by atoms with Crippen molar-refractivity contribution in [3.63, 3.8) is 0 Å². The van der Waals surface area contributed by atoms with Crippen molar-refractivity contribution in [2.24, 2.45) is 0 Å². The van der Waals surface area contributed by atoms with E-state index in [1.807, 2.05) is 13.0 Å². The van der Waals surface area contributed by atoms with Crippen LogP contribution in [0.15, 0.2) is 24.3 Å². The van der Waals surface area contributed by atoms with Gasteiger partial charge in [0.05, 0.1) is 0 Å². The first-order valence-corrected chi connectivity index (χ1v) is 7.48. The number of hydrogen-bond acceptors (Lipinski definition) is 4. The second-order valence-electron chi connectivity index (χ2n) is 5.31. The first kappa shape index (κ1) is 15.3. The zero-order valence-electron chi connectivity index (χ0n) is 13.6. The molecule has 0 amide bonds. The first-order valence-electron chi connectivity index (χ1n) is 7.48. The van der Waals surface area contributed by atoms with E-state index < -0.39 is 0 Å². The van der Waals surface area contributed by atoms with Crippen molar-refractivity contribution in [2.75, 3.05) is 23.3 Å². The predicted molar refractivity (Wildman–Crippen MR) is 89.5 cm³/mol. The van der Waals surface area contributed by atoms with Crippen LogP contribution in [0.1, 0.15) is 30.7 Å². The summed E-state index contributed by atoms with van der Waals surface area (Å²) in [6.07, 6.45) is 0. The first-order chi connectivity index (χ1) is 10.0. The average Bonchev–Trinajstić information content (AvgIpc) is 2.44. The van der Waals surface area contributed by atoms with Crippen LogP contribution in [0.3, 0.4) is 0 Å². The summed E-state index contributed by atoms with van der Waals surface area (Å²) in [7, 11) is 0. The van der Waals surface area contributed by atoms with Gasteiger partial charge in [-0.25, -0.2) is 4.98 Å². The molecule has 1 aromatic carbocycles. The molecule has 0 saturated carbocycles. The maximum absolute atomic E-state index is 4.65. The summed E-state index contributed by atoms with van der Waals surface area (Å²) in [5.41, 5.74) is 4.51. The summed E-state index contributed by atoms with van der Waals surface area (Å²) in [6.45, 7) is 12.2. The second kappa shape index (κ2) is 6.57. The number of anilines is 3. The quantitative estimate of drug-likeness (QED) is 0.901. The van der Waals surface area contributed by atoms with Crippen LogP contribution >= 0.6 is 0 Å². The van der Waals surface area contributed by atoms with Gasteiger partial charge in [0.2, 0.25) is 5.95 Å². The van der Waals surface area contributed by atoms with E-state index in [1.54, 1.807) is 0 Å². The molecule has 1 aromatic heterocycles. The number of aryl methyl sites for hydroxylation is 3. The third-order valence-corrected chi connectivity index (χ3v) is 3.54. The highest BCUT2D eigenvalue weighted by Crippen LogP contribution is 2.22. The van der Waals surface area contributed by atoms with Gasteiger partial charge in [-0.05, 0) is 51.8 Å². The van der Waals surface area contributed by atoms with Gasteiger partial charge in [0, 0.05) is 30.5 Å². The fourth-order valence-electron chi connectivity index (χ4n) is 2.27. The monoisotopic (exact) mass is 284 g/mol. The van der Waals surface area contributed by atoms with E-state index in [2.05, 4.69) is 66.1 Å². The molecule has 0 aliphatic carbocycles. The third kappa shape index (κ3) is 3.72. The lowest BCUT2D eigenvalue weighted by Crippen LogP contribution is -2.24. The molecule has 0 aliphatic heterocycles. The molecule has 0 fully saturated rings. The summed E-state index contributed by atoms with van der Waals surface area (Å²) in [6, 6.07) is 8.36. The van der Waals surface area contributed by atoms with Crippen molar-refractivity contribution in [1.82, 2.24) is 9.97 Å². The van der Waals surface area contributed by atoms with E-state index in [0.29, 0.717) is 0 Å². The minimum absolute atomic E-state index is 0.785.